The lowest BCUT2D eigenvalue weighted by Gasteiger charge is -2.30. The van der Waals surface area contributed by atoms with Crippen molar-refractivity contribution in [1.82, 2.24) is 9.58 Å². The number of benzene rings is 1. The molecule has 0 spiro atoms. The molecule has 0 bridgehead atoms. The monoisotopic (exact) mass is 369 g/mol. The second-order valence-corrected chi connectivity index (χ2v) is 7.06. The number of piperidine rings is 1. The number of hydrogen-bond donors (Lipinski definition) is 1. The number of ketones is 1. The zero-order valence-corrected chi connectivity index (χ0v) is 16.2. The van der Waals surface area contributed by atoms with E-state index in [2.05, 4.69) is 10.3 Å². The van der Waals surface area contributed by atoms with Crippen LogP contribution in [0.4, 0.5) is 0 Å². The van der Waals surface area contributed by atoms with E-state index in [9.17, 15) is 9.59 Å². The average Bonchev–Trinajstić information content (AvgIpc) is 2.97. The zero-order valence-electron chi connectivity index (χ0n) is 16.2. The predicted molar refractivity (Wildman–Crippen MR) is 105 cm³/mol. The molecule has 1 aromatic heterocycles. The fourth-order valence-electron chi connectivity index (χ4n) is 3.56. The van der Waals surface area contributed by atoms with Gasteiger partial charge in [-0.05, 0) is 44.9 Å². The van der Waals surface area contributed by atoms with Crippen molar-refractivity contribution in [2.45, 2.75) is 32.8 Å². The number of nitrogens with zero attached hydrogens (tertiary/aromatic N) is 2. The first kappa shape index (κ1) is 19.3. The molecule has 0 saturated carbocycles. The third-order valence-corrected chi connectivity index (χ3v) is 5.22. The Bertz CT molecular complexity index is 806. The number of methoxy groups -OCH3 is 1. The molecule has 1 saturated heterocycles. The molecule has 0 unspecified atom stereocenters. The van der Waals surface area contributed by atoms with Crippen LogP contribution in [0, 0.1) is 13.8 Å². The lowest BCUT2D eigenvalue weighted by Crippen LogP contribution is -2.39. The average molecular weight is 369 g/mol. The van der Waals surface area contributed by atoms with Crippen molar-refractivity contribution < 1.29 is 14.3 Å². The van der Waals surface area contributed by atoms with Crippen molar-refractivity contribution >= 4 is 11.7 Å². The molecule has 1 aromatic carbocycles. The first-order valence-corrected chi connectivity index (χ1v) is 9.33. The first-order valence-electron chi connectivity index (χ1n) is 9.33. The molecule has 0 atom stereocenters. The van der Waals surface area contributed by atoms with Gasteiger partial charge in [0.05, 0.1) is 12.6 Å². The second kappa shape index (κ2) is 8.50. The highest BCUT2D eigenvalue weighted by molar-refractivity contribution is 6.01. The summed E-state index contributed by atoms with van der Waals surface area (Å²) in [4.78, 5) is 27.4. The van der Waals surface area contributed by atoms with E-state index in [4.69, 9.17) is 4.74 Å². The van der Waals surface area contributed by atoms with Gasteiger partial charge in [0, 0.05) is 42.7 Å². The molecule has 3 rings (SSSR count). The number of Topliss-reactive ketones (excluding diaryl/α,β-unsaturated/α-hetero) is 1. The van der Waals surface area contributed by atoms with Crippen LogP contribution >= 0.6 is 0 Å². The molecular formula is C21H27N3O3. The largest absolute Gasteiger partial charge is 0.381 e. The summed E-state index contributed by atoms with van der Waals surface area (Å²) < 4.78 is 7.08. The summed E-state index contributed by atoms with van der Waals surface area (Å²) in [6.45, 7) is 5.89. The van der Waals surface area contributed by atoms with Crippen molar-refractivity contribution in [1.29, 1.82) is 0 Å². The minimum absolute atomic E-state index is 0.0826. The van der Waals surface area contributed by atoms with Crippen molar-refractivity contribution in [2.24, 2.45) is 0 Å². The van der Waals surface area contributed by atoms with Gasteiger partial charge in [-0.1, -0.05) is 18.2 Å². The molecular weight excluding hydrogens is 342 g/mol. The van der Waals surface area contributed by atoms with Gasteiger partial charge < -0.3 is 4.74 Å². The Morgan fingerprint density at radius 2 is 1.81 bits per heavy atom. The molecule has 1 fully saturated rings. The zero-order chi connectivity index (χ0) is 19.4. The summed E-state index contributed by atoms with van der Waals surface area (Å²) in [6, 6.07) is 10.9. The van der Waals surface area contributed by atoms with E-state index in [1.807, 2.05) is 38.1 Å². The Labute approximate surface area is 160 Å². The molecule has 1 amide bonds. The lowest BCUT2D eigenvalue weighted by atomic mass is 10.1. The summed E-state index contributed by atoms with van der Waals surface area (Å²) in [5, 5.41) is 0. The quantitative estimate of drug-likeness (QED) is 0.796. The molecule has 2 aromatic rings. The van der Waals surface area contributed by atoms with E-state index in [0.29, 0.717) is 23.8 Å². The number of ether oxygens (including phenoxy) is 1. The van der Waals surface area contributed by atoms with Crippen LogP contribution in [0.15, 0.2) is 36.4 Å². The molecule has 6 nitrogen and oxygen atoms in total. The third-order valence-electron chi connectivity index (χ3n) is 5.22. The van der Waals surface area contributed by atoms with Crippen molar-refractivity contribution in [3.8, 4) is 0 Å². The van der Waals surface area contributed by atoms with Gasteiger partial charge in [-0.15, -0.1) is 0 Å². The molecule has 2 heterocycles. The van der Waals surface area contributed by atoms with E-state index >= 15 is 0 Å². The molecule has 144 valence electrons. The first-order chi connectivity index (χ1) is 13.0. The molecule has 0 aliphatic carbocycles. The van der Waals surface area contributed by atoms with E-state index in [1.165, 1.54) is 0 Å². The van der Waals surface area contributed by atoms with Crippen molar-refractivity contribution in [2.75, 3.05) is 32.2 Å². The number of amides is 1. The summed E-state index contributed by atoms with van der Waals surface area (Å²) in [5.74, 6) is -0.114. The van der Waals surface area contributed by atoms with Crippen LogP contribution in [0.3, 0.4) is 0 Å². The topological polar surface area (TPSA) is 63.6 Å². The molecule has 1 N–H and O–H groups in total. The van der Waals surface area contributed by atoms with Crippen LogP contribution in [0.25, 0.3) is 0 Å². The number of hydrogen-bond acceptors (Lipinski definition) is 4. The number of carbonyl (C=O) groups is 2. The highest BCUT2D eigenvalue weighted by Crippen LogP contribution is 2.18. The maximum atomic E-state index is 12.8. The van der Waals surface area contributed by atoms with Gasteiger partial charge in [0.2, 0.25) is 0 Å². The Morgan fingerprint density at radius 3 is 2.44 bits per heavy atom. The van der Waals surface area contributed by atoms with Gasteiger partial charge in [-0.3, -0.25) is 24.6 Å². The Balaban J connectivity index is 1.68. The number of aryl methyl sites for hydroxylation is 1. The number of likely N-dealkylation sites (tertiary alicyclic amines) is 1. The van der Waals surface area contributed by atoms with Gasteiger partial charge in [-0.25, -0.2) is 0 Å². The fraction of sp³-hybridized carbons (Fsp3) is 0.429. The van der Waals surface area contributed by atoms with Crippen LogP contribution < -0.4 is 5.43 Å². The van der Waals surface area contributed by atoms with Gasteiger partial charge in [0.1, 0.15) is 0 Å². The Morgan fingerprint density at radius 1 is 1.15 bits per heavy atom. The summed E-state index contributed by atoms with van der Waals surface area (Å²) in [6.07, 6.45) is 2.21. The van der Waals surface area contributed by atoms with Crippen LogP contribution in [0.2, 0.25) is 0 Å². The van der Waals surface area contributed by atoms with E-state index in [0.717, 1.165) is 37.3 Å². The number of carbonyl (C=O) groups excluding carboxylic acids is 2. The second-order valence-electron chi connectivity index (χ2n) is 7.06. The SMILES string of the molecule is COC1CCN(CC(=O)c2cc(C)n(NC(=O)c3ccccc3)c2C)CC1. The molecule has 1 aliphatic rings. The maximum Gasteiger partial charge on any atom is 0.270 e. The standard InChI is InChI=1S/C21H27N3O3/c1-15-13-19(20(25)14-23-11-9-18(27-3)10-12-23)16(2)24(15)22-21(26)17-7-5-4-6-8-17/h4-8,13,18H,9-12,14H2,1-3H3,(H,22,26). The summed E-state index contributed by atoms with van der Waals surface area (Å²) >= 11 is 0. The molecule has 0 radical (unpaired) electrons. The minimum Gasteiger partial charge on any atom is -0.381 e. The maximum absolute atomic E-state index is 12.8. The van der Waals surface area contributed by atoms with Crippen molar-refractivity contribution in [3.63, 3.8) is 0 Å². The fourth-order valence-corrected chi connectivity index (χ4v) is 3.56. The molecule has 27 heavy (non-hydrogen) atoms. The Hall–Kier alpha value is -2.44. The Kier molecular flexibility index (Phi) is 6.08. The van der Waals surface area contributed by atoms with E-state index in [-0.39, 0.29) is 11.7 Å². The van der Waals surface area contributed by atoms with Crippen molar-refractivity contribution in [3.05, 3.63) is 58.9 Å². The predicted octanol–water partition coefficient (Wildman–Crippen LogP) is 2.78. The summed E-state index contributed by atoms with van der Waals surface area (Å²) in [7, 11) is 1.74. The number of aromatic nitrogens is 1. The smallest absolute Gasteiger partial charge is 0.270 e. The van der Waals surface area contributed by atoms with E-state index < -0.39 is 0 Å². The molecule has 1 aliphatic heterocycles. The van der Waals surface area contributed by atoms with Gasteiger partial charge in [-0.2, -0.15) is 0 Å². The van der Waals surface area contributed by atoms with Gasteiger partial charge in [0.15, 0.2) is 5.78 Å². The van der Waals surface area contributed by atoms with Gasteiger partial charge in [0.25, 0.3) is 5.91 Å². The lowest BCUT2D eigenvalue weighted by molar-refractivity contribution is 0.0401. The van der Waals surface area contributed by atoms with Crippen LogP contribution in [0.1, 0.15) is 44.9 Å². The number of nitrogens with one attached hydrogen (secondary N) is 1. The summed E-state index contributed by atoms with van der Waals surface area (Å²) in [5.41, 5.74) is 5.72. The molecule has 6 heteroatoms. The highest BCUT2D eigenvalue weighted by Gasteiger charge is 2.23. The minimum atomic E-state index is -0.196. The van der Waals surface area contributed by atoms with Crippen LogP contribution in [0.5, 0.6) is 0 Å². The highest BCUT2D eigenvalue weighted by atomic mass is 16.5. The van der Waals surface area contributed by atoms with Gasteiger partial charge >= 0.3 is 0 Å². The number of rotatable bonds is 6. The normalized spacial score (nSPS) is 15.7. The van der Waals surface area contributed by atoms with Crippen LogP contribution in [-0.2, 0) is 4.74 Å². The third kappa shape index (κ3) is 4.46. The van der Waals surface area contributed by atoms with Crippen LogP contribution in [-0.4, -0.2) is 54.1 Å². The van der Waals surface area contributed by atoms with E-state index in [1.54, 1.807) is 23.9 Å².